The Balaban J connectivity index is 1.95. The second-order valence-corrected chi connectivity index (χ2v) is 6.32. The maximum Gasteiger partial charge on any atom is 0.303 e. The Morgan fingerprint density at radius 1 is 1.32 bits per heavy atom. The van der Waals surface area contributed by atoms with Crippen molar-refractivity contribution in [2.75, 3.05) is 11.5 Å². The van der Waals surface area contributed by atoms with Crippen molar-refractivity contribution in [3.63, 3.8) is 0 Å². The lowest BCUT2D eigenvalue weighted by atomic mass is 9.91. The van der Waals surface area contributed by atoms with Gasteiger partial charge in [0.25, 0.3) is 0 Å². The Hall–Kier alpha value is -1.00. The second-order valence-electron chi connectivity index (χ2n) is 5.09. The van der Waals surface area contributed by atoms with Gasteiger partial charge in [0.05, 0.1) is 0 Å². The summed E-state index contributed by atoms with van der Waals surface area (Å²) in [7, 11) is 0. The SMILES string of the molecule is NC(CCC(=O)O)c1ccc(C2CCSCC2)cc1. The van der Waals surface area contributed by atoms with Gasteiger partial charge in [0.15, 0.2) is 0 Å². The van der Waals surface area contributed by atoms with Crippen LogP contribution in [0, 0.1) is 0 Å². The molecule has 0 aliphatic carbocycles. The molecule has 104 valence electrons. The molecule has 3 nitrogen and oxygen atoms in total. The minimum Gasteiger partial charge on any atom is -0.481 e. The summed E-state index contributed by atoms with van der Waals surface area (Å²) in [6.07, 6.45) is 3.14. The molecule has 0 amide bonds. The molecule has 1 atom stereocenters. The molecule has 1 aromatic carbocycles. The predicted molar refractivity (Wildman–Crippen MR) is 79.5 cm³/mol. The molecule has 0 spiro atoms. The topological polar surface area (TPSA) is 63.3 Å². The maximum atomic E-state index is 10.5. The Labute approximate surface area is 118 Å². The highest BCUT2D eigenvalue weighted by atomic mass is 32.2. The number of carboxylic acid groups (broad SMARTS) is 1. The van der Waals surface area contributed by atoms with E-state index < -0.39 is 5.97 Å². The normalized spacial score (nSPS) is 18.2. The maximum absolute atomic E-state index is 10.5. The summed E-state index contributed by atoms with van der Waals surface area (Å²) in [4.78, 5) is 10.5. The molecular weight excluding hydrogens is 258 g/mol. The van der Waals surface area contributed by atoms with Crippen LogP contribution in [0.2, 0.25) is 0 Å². The minimum atomic E-state index is -0.785. The molecule has 1 heterocycles. The fourth-order valence-electron chi connectivity index (χ4n) is 2.49. The highest BCUT2D eigenvalue weighted by Gasteiger charge is 2.16. The summed E-state index contributed by atoms with van der Waals surface area (Å²) < 4.78 is 0. The van der Waals surface area contributed by atoms with E-state index in [1.54, 1.807) is 0 Å². The molecule has 0 bridgehead atoms. The lowest BCUT2D eigenvalue weighted by Gasteiger charge is -2.22. The Kier molecular flexibility index (Phi) is 5.28. The van der Waals surface area contributed by atoms with Crippen molar-refractivity contribution < 1.29 is 9.90 Å². The average molecular weight is 279 g/mol. The zero-order valence-corrected chi connectivity index (χ0v) is 11.9. The average Bonchev–Trinajstić information content (AvgIpc) is 2.46. The Morgan fingerprint density at radius 3 is 2.53 bits per heavy atom. The van der Waals surface area contributed by atoms with Crippen LogP contribution < -0.4 is 5.73 Å². The van der Waals surface area contributed by atoms with E-state index in [0.717, 1.165) is 5.56 Å². The lowest BCUT2D eigenvalue weighted by molar-refractivity contribution is -0.137. The van der Waals surface area contributed by atoms with E-state index in [0.29, 0.717) is 12.3 Å². The van der Waals surface area contributed by atoms with Crippen molar-refractivity contribution in [1.82, 2.24) is 0 Å². The standard InChI is InChI=1S/C15H21NO2S/c16-14(5-6-15(17)18)13-3-1-11(2-4-13)12-7-9-19-10-8-12/h1-4,12,14H,5-10,16H2,(H,17,18). The fourth-order valence-corrected chi connectivity index (χ4v) is 3.60. The van der Waals surface area contributed by atoms with Gasteiger partial charge in [0.2, 0.25) is 0 Å². The molecule has 1 saturated heterocycles. The summed E-state index contributed by atoms with van der Waals surface area (Å²) in [6, 6.07) is 8.27. The first-order valence-electron chi connectivity index (χ1n) is 6.82. The van der Waals surface area contributed by atoms with Crippen molar-refractivity contribution in [1.29, 1.82) is 0 Å². The van der Waals surface area contributed by atoms with Gasteiger partial charge in [-0.25, -0.2) is 0 Å². The van der Waals surface area contributed by atoms with Crippen molar-refractivity contribution in [2.24, 2.45) is 5.73 Å². The third-order valence-electron chi connectivity index (χ3n) is 3.73. The van der Waals surface area contributed by atoms with E-state index in [4.69, 9.17) is 10.8 Å². The molecule has 1 aliphatic heterocycles. The van der Waals surface area contributed by atoms with E-state index in [1.165, 1.54) is 29.9 Å². The Morgan fingerprint density at radius 2 is 1.95 bits per heavy atom. The summed E-state index contributed by atoms with van der Waals surface area (Å²) in [5, 5.41) is 8.67. The molecule has 19 heavy (non-hydrogen) atoms. The lowest BCUT2D eigenvalue weighted by Crippen LogP contribution is -2.13. The monoisotopic (exact) mass is 279 g/mol. The van der Waals surface area contributed by atoms with Crippen molar-refractivity contribution in [3.8, 4) is 0 Å². The molecule has 2 rings (SSSR count). The van der Waals surface area contributed by atoms with Crippen LogP contribution in [0.25, 0.3) is 0 Å². The molecule has 1 unspecified atom stereocenters. The van der Waals surface area contributed by atoms with E-state index in [-0.39, 0.29) is 12.5 Å². The zero-order chi connectivity index (χ0) is 13.7. The molecule has 0 saturated carbocycles. The van der Waals surface area contributed by atoms with E-state index >= 15 is 0 Å². The van der Waals surface area contributed by atoms with Crippen LogP contribution in [0.4, 0.5) is 0 Å². The number of hydrogen-bond acceptors (Lipinski definition) is 3. The van der Waals surface area contributed by atoms with Gasteiger partial charge in [-0.2, -0.15) is 11.8 Å². The number of benzene rings is 1. The molecule has 1 aliphatic rings. The van der Waals surface area contributed by atoms with E-state index in [2.05, 4.69) is 24.3 Å². The number of carboxylic acids is 1. The summed E-state index contributed by atoms with van der Waals surface area (Å²) in [6.45, 7) is 0. The van der Waals surface area contributed by atoms with Crippen molar-refractivity contribution >= 4 is 17.7 Å². The van der Waals surface area contributed by atoms with Gasteiger partial charge in [0.1, 0.15) is 0 Å². The van der Waals surface area contributed by atoms with Gasteiger partial charge in [-0.3, -0.25) is 4.79 Å². The zero-order valence-electron chi connectivity index (χ0n) is 11.0. The third kappa shape index (κ3) is 4.25. The first-order valence-corrected chi connectivity index (χ1v) is 7.97. The number of hydrogen-bond donors (Lipinski definition) is 2. The van der Waals surface area contributed by atoms with Crippen LogP contribution >= 0.6 is 11.8 Å². The predicted octanol–water partition coefficient (Wildman–Crippen LogP) is 3.16. The van der Waals surface area contributed by atoms with Crippen LogP contribution in [-0.4, -0.2) is 22.6 Å². The number of rotatable bonds is 5. The summed E-state index contributed by atoms with van der Waals surface area (Å²) in [5.74, 6) is 2.41. The number of thioether (sulfide) groups is 1. The first kappa shape index (κ1) is 14.4. The summed E-state index contributed by atoms with van der Waals surface area (Å²) >= 11 is 2.04. The Bertz CT molecular complexity index is 413. The molecule has 1 fully saturated rings. The molecule has 1 aromatic rings. The molecule has 0 aromatic heterocycles. The molecule has 4 heteroatoms. The molecule has 3 N–H and O–H groups in total. The number of aliphatic carboxylic acids is 1. The molecular formula is C15H21NO2S. The van der Waals surface area contributed by atoms with E-state index in [1.807, 2.05) is 11.8 Å². The van der Waals surface area contributed by atoms with Crippen LogP contribution in [0.5, 0.6) is 0 Å². The van der Waals surface area contributed by atoms with Crippen LogP contribution in [0.1, 0.15) is 48.8 Å². The van der Waals surface area contributed by atoms with Gasteiger partial charge in [-0.05, 0) is 47.8 Å². The minimum absolute atomic E-state index is 0.128. The van der Waals surface area contributed by atoms with Gasteiger partial charge >= 0.3 is 5.97 Å². The number of nitrogens with two attached hydrogens (primary N) is 1. The highest BCUT2D eigenvalue weighted by Crippen LogP contribution is 2.32. The second kappa shape index (κ2) is 6.96. The summed E-state index contributed by atoms with van der Waals surface area (Å²) in [5.41, 5.74) is 8.44. The van der Waals surface area contributed by atoms with Crippen LogP contribution in [0.3, 0.4) is 0 Å². The fraction of sp³-hybridized carbons (Fsp3) is 0.533. The van der Waals surface area contributed by atoms with Crippen molar-refractivity contribution in [2.45, 2.75) is 37.6 Å². The third-order valence-corrected chi connectivity index (χ3v) is 4.78. The van der Waals surface area contributed by atoms with Gasteiger partial charge in [-0.15, -0.1) is 0 Å². The largest absolute Gasteiger partial charge is 0.481 e. The van der Waals surface area contributed by atoms with E-state index in [9.17, 15) is 4.79 Å². The number of carbonyl (C=O) groups is 1. The van der Waals surface area contributed by atoms with Crippen LogP contribution in [0.15, 0.2) is 24.3 Å². The van der Waals surface area contributed by atoms with Gasteiger partial charge in [0, 0.05) is 12.5 Å². The van der Waals surface area contributed by atoms with Crippen molar-refractivity contribution in [3.05, 3.63) is 35.4 Å². The van der Waals surface area contributed by atoms with Gasteiger partial charge < -0.3 is 10.8 Å². The molecule has 0 radical (unpaired) electrons. The smallest absolute Gasteiger partial charge is 0.303 e. The quantitative estimate of drug-likeness (QED) is 0.869. The first-order chi connectivity index (χ1) is 9.16. The highest BCUT2D eigenvalue weighted by molar-refractivity contribution is 7.99. The van der Waals surface area contributed by atoms with Gasteiger partial charge in [-0.1, -0.05) is 24.3 Å². The van der Waals surface area contributed by atoms with Crippen LogP contribution in [-0.2, 0) is 4.79 Å².